The molecule has 1 N–H and O–H groups in total. The summed E-state index contributed by atoms with van der Waals surface area (Å²) in [6.07, 6.45) is 4.39. The highest BCUT2D eigenvalue weighted by atomic mass is 35.5. The van der Waals surface area contributed by atoms with Crippen LogP contribution in [0.1, 0.15) is 36.8 Å². The lowest BCUT2D eigenvalue weighted by atomic mass is 10.2. The van der Waals surface area contributed by atoms with Crippen molar-refractivity contribution in [3.8, 4) is 11.6 Å². The first-order valence-corrected chi connectivity index (χ1v) is 11.8. The van der Waals surface area contributed by atoms with Gasteiger partial charge in [0.25, 0.3) is 5.91 Å². The van der Waals surface area contributed by atoms with E-state index in [0.29, 0.717) is 22.8 Å². The number of benzene rings is 1. The molecule has 0 saturated carbocycles. The van der Waals surface area contributed by atoms with E-state index in [0.717, 1.165) is 11.9 Å². The van der Waals surface area contributed by atoms with Gasteiger partial charge in [-0.25, -0.2) is 13.4 Å². The highest BCUT2D eigenvalue weighted by Crippen LogP contribution is 2.24. The lowest BCUT2D eigenvalue weighted by Crippen LogP contribution is -2.23. The van der Waals surface area contributed by atoms with E-state index < -0.39 is 15.7 Å². The predicted molar refractivity (Wildman–Crippen MR) is 121 cm³/mol. The fourth-order valence-electron chi connectivity index (χ4n) is 2.92. The highest BCUT2D eigenvalue weighted by Gasteiger charge is 2.16. The molecule has 3 aromatic rings. The van der Waals surface area contributed by atoms with Crippen molar-refractivity contribution in [2.75, 3.05) is 11.6 Å². The Morgan fingerprint density at radius 2 is 1.87 bits per heavy atom. The summed E-state index contributed by atoms with van der Waals surface area (Å²) in [6, 6.07) is 9.56. The maximum absolute atomic E-state index is 12.7. The number of nitrogens with zero attached hydrogens (tertiary/aromatic N) is 2. The van der Waals surface area contributed by atoms with Crippen LogP contribution in [0.25, 0.3) is 5.82 Å². The van der Waals surface area contributed by atoms with Crippen molar-refractivity contribution in [3.05, 3.63) is 65.1 Å². The normalized spacial score (nSPS) is 11.9. The first-order valence-electron chi connectivity index (χ1n) is 9.48. The Hall–Kier alpha value is -2.84. The summed E-state index contributed by atoms with van der Waals surface area (Å²) in [5.74, 6) is 0.901. The quantitative estimate of drug-likeness (QED) is 0.596. The molecule has 9 heteroatoms. The van der Waals surface area contributed by atoms with Gasteiger partial charge < -0.3 is 14.6 Å². The second kappa shape index (κ2) is 8.36. The van der Waals surface area contributed by atoms with E-state index in [4.69, 9.17) is 16.3 Å². The van der Waals surface area contributed by atoms with Crippen LogP contribution in [0.15, 0.2) is 53.7 Å². The van der Waals surface area contributed by atoms with Gasteiger partial charge in [0.15, 0.2) is 9.84 Å². The van der Waals surface area contributed by atoms with Crippen LogP contribution >= 0.6 is 11.6 Å². The second-order valence-electron chi connectivity index (χ2n) is 8.21. The summed E-state index contributed by atoms with van der Waals surface area (Å²) in [5.41, 5.74) is 1.18. The highest BCUT2D eigenvalue weighted by molar-refractivity contribution is 7.90. The zero-order valence-electron chi connectivity index (χ0n) is 17.9. The van der Waals surface area contributed by atoms with Crippen molar-refractivity contribution in [2.24, 2.45) is 0 Å². The summed E-state index contributed by atoms with van der Waals surface area (Å²) in [6.45, 7) is 7.74. The first-order chi connectivity index (χ1) is 14.3. The Bertz CT molecular complexity index is 1230. The fourth-order valence-corrected chi connectivity index (χ4v) is 3.91. The number of aromatic nitrogens is 2. The van der Waals surface area contributed by atoms with E-state index in [1.807, 2.05) is 39.8 Å². The number of nitrogens with one attached hydrogen (secondary N) is 1. The number of hydrogen-bond donors (Lipinski definition) is 1. The van der Waals surface area contributed by atoms with Gasteiger partial charge >= 0.3 is 0 Å². The maximum Gasteiger partial charge on any atom is 0.257 e. The number of amides is 1. The molecular weight excluding hydrogens is 438 g/mol. The van der Waals surface area contributed by atoms with Gasteiger partial charge in [-0.05, 0) is 64.1 Å². The number of rotatable bonds is 5. The van der Waals surface area contributed by atoms with E-state index in [2.05, 4.69) is 10.3 Å². The molecule has 0 unspecified atom stereocenters. The number of sulfone groups is 1. The smallest absolute Gasteiger partial charge is 0.257 e. The molecule has 2 heterocycles. The van der Waals surface area contributed by atoms with E-state index in [9.17, 15) is 13.2 Å². The van der Waals surface area contributed by atoms with Crippen molar-refractivity contribution in [2.45, 2.75) is 38.2 Å². The van der Waals surface area contributed by atoms with Crippen LogP contribution in [0.4, 0.5) is 5.69 Å². The first kappa shape index (κ1) is 22.8. The van der Waals surface area contributed by atoms with Gasteiger partial charge in [-0.1, -0.05) is 11.6 Å². The number of aryl methyl sites for hydroxylation is 1. The van der Waals surface area contributed by atoms with Crippen molar-refractivity contribution >= 4 is 33.0 Å². The Morgan fingerprint density at radius 1 is 1.16 bits per heavy atom. The minimum atomic E-state index is -3.46. The van der Waals surface area contributed by atoms with Gasteiger partial charge in [0.2, 0.25) is 0 Å². The molecule has 0 radical (unpaired) electrons. The number of ether oxygens (including phenoxy) is 1. The molecule has 164 valence electrons. The van der Waals surface area contributed by atoms with Crippen LogP contribution in [0.5, 0.6) is 5.75 Å². The van der Waals surface area contributed by atoms with Crippen LogP contribution in [0.2, 0.25) is 5.02 Å². The standard InChI is InChI=1S/C22H24ClN3O4S/c1-14-8-15(13-26(14)20-7-6-18(12-24-20)30-22(2,3)4)21(27)25-17-9-16(23)10-19(11-17)31(5,28)29/h6-13H,1-5H3,(H,25,27). The molecule has 0 atom stereocenters. The summed E-state index contributed by atoms with van der Waals surface area (Å²) in [5, 5.41) is 2.91. The zero-order chi connectivity index (χ0) is 23.0. The monoisotopic (exact) mass is 461 g/mol. The van der Waals surface area contributed by atoms with Crippen LogP contribution in [0.3, 0.4) is 0 Å². The number of hydrogen-bond acceptors (Lipinski definition) is 5. The van der Waals surface area contributed by atoms with Gasteiger partial charge in [-0.3, -0.25) is 4.79 Å². The SMILES string of the molecule is Cc1cc(C(=O)Nc2cc(Cl)cc(S(C)(=O)=O)c2)cn1-c1ccc(OC(C)(C)C)cn1. The van der Waals surface area contributed by atoms with Crippen LogP contribution in [0, 0.1) is 6.92 Å². The molecule has 3 rings (SSSR count). The van der Waals surface area contributed by atoms with E-state index in [1.165, 1.54) is 18.2 Å². The molecule has 1 amide bonds. The molecule has 2 aromatic heterocycles. The molecule has 7 nitrogen and oxygen atoms in total. The molecule has 0 aliphatic carbocycles. The fraction of sp³-hybridized carbons (Fsp3) is 0.273. The predicted octanol–water partition coefficient (Wildman–Crippen LogP) is 4.67. The van der Waals surface area contributed by atoms with E-state index in [-0.39, 0.29) is 15.5 Å². The van der Waals surface area contributed by atoms with Crippen molar-refractivity contribution in [1.82, 2.24) is 9.55 Å². The van der Waals surface area contributed by atoms with Crippen LogP contribution in [-0.4, -0.2) is 35.7 Å². The molecule has 0 fully saturated rings. The van der Waals surface area contributed by atoms with Gasteiger partial charge in [-0.2, -0.15) is 0 Å². The van der Waals surface area contributed by atoms with Crippen LogP contribution in [-0.2, 0) is 9.84 Å². The Labute approximate surface area is 186 Å². The maximum atomic E-state index is 12.7. The zero-order valence-corrected chi connectivity index (χ0v) is 19.5. The average molecular weight is 462 g/mol. The molecule has 31 heavy (non-hydrogen) atoms. The summed E-state index contributed by atoms with van der Waals surface area (Å²) in [4.78, 5) is 17.2. The molecule has 1 aromatic carbocycles. The third-order valence-electron chi connectivity index (χ3n) is 4.22. The van der Waals surface area contributed by atoms with Gasteiger partial charge in [0.1, 0.15) is 17.2 Å². The molecule has 0 saturated heterocycles. The Kier molecular flexibility index (Phi) is 6.16. The second-order valence-corrected chi connectivity index (χ2v) is 10.7. The number of carbonyl (C=O) groups is 1. The van der Waals surface area contributed by atoms with Crippen molar-refractivity contribution < 1.29 is 17.9 Å². The van der Waals surface area contributed by atoms with E-state index >= 15 is 0 Å². The Morgan fingerprint density at radius 3 is 2.45 bits per heavy atom. The number of carbonyl (C=O) groups excluding carboxylic acids is 1. The largest absolute Gasteiger partial charge is 0.487 e. The van der Waals surface area contributed by atoms with Crippen molar-refractivity contribution in [3.63, 3.8) is 0 Å². The topological polar surface area (TPSA) is 90.3 Å². The summed E-state index contributed by atoms with van der Waals surface area (Å²) >= 11 is 6.01. The molecular formula is C22H24ClN3O4S. The minimum Gasteiger partial charge on any atom is -0.487 e. The Balaban J connectivity index is 1.82. The van der Waals surface area contributed by atoms with Crippen LogP contribution < -0.4 is 10.1 Å². The number of anilines is 1. The lowest BCUT2D eigenvalue weighted by Gasteiger charge is -2.21. The van der Waals surface area contributed by atoms with E-state index in [1.54, 1.807) is 23.0 Å². The molecule has 0 aliphatic heterocycles. The molecule has 0 aliphatic rings. The third-order valence-corrected chi connectivity index (χ3v) is 5.53. The van der Waals surface area contributed by atoms with Gasteiger partial charge in [0.05, 0.1) is 16.7 Å². The number of pyridine rings is 1. The van der Waals surface area contributed by atoms with Gasteiger partial charge in [0, 0.05) is 28.9 Å². The minimum absolute atomic E-state index is 0.0332. The lowest BCUT2D eigenvalue weighted by molar-refractivity contribution is 0.102. The molecule has 0 spiro atoms. The summed E-state index contributed by atoms with van der Waals surface area (Å²) < 4.78 is 31.2. The average Bonchev–Trinajstić information content (AvgIpc) is 3.02. The summed E-state index contributed by atoms with van der Waals surface area (Å²) in [7, 11) is -3.46. The third kappa shape index (κ3) is 5.86. The molecule has 0 bridgehead atoms. The number of halogens is 1. The van der Waals surface area contributed by atoms with Crippen molar-refractivity contribution in [1.29, 1.82) is 0 Å². The van der Waals surface area contributed by atoms with Gasteiger partial charge in [-0.15, -0.1) is 0 Å².